The molecular weight excluding hydrogens is 394 g/mol. The zero-order valence-electron chi connectivity index (χ0n) is 18.3. The summed E-state index contributed by atoms with van der Waals surface area (Å²) >= 11 is 0. The number of rotatable bonds is 9. The van der Waals surface area contributed by atoms with Crippen molar-refractivity contribution < 1.29 is 19.1 Å². The highest BCUT2D eigenvalue weighted by Gasteiger charge is 2.19. The monoisotopic (exact) mass is 423 g/mol. The van der Waals surface area contributed by atoms with Gasteiger partial charge in [0, 0.05) is 31.0 Å². The topological polar surface area (TPSA) is 80.0 Å². The van der Waals surface area contributed by atoms with Gasteiger partial charge in [0.05, 0.1) is 12.2 Å². The number of aromatic hydroxyl groups is 1. The summed E-state index contributed by atoms with van der Waals surface area (Å²) in [5, 5.41) is 11.8. The molecule has 1 N–H and O–H groups in total. The van der Waals surface area contributed by atoms with Gasteiger partial charge in [-0.1, -0.05) is 37.3 Å². The lowest BCUT2D eigenvalue weighted by atomic mass is 9.98. The van der Waals surface area contributed by atoms with E-state index in [1.807, 2.05) is 56.1 Å². The zero-order chi connectivity index (χ0) is 22.4. The van der Waals surface area contributed by atoms with Crippen LogP contribution in [0, 0.1) is 6.92 Å². The second kappa shape index (κ2) is 10.3. The number of carbonyl (C=O) groups excluding carboxylic acids is 1. The van der Waals surface area contributed by atoms with Crippen LogP contribution >= 0.6 is 0 Å². The third kappa shape index (κ3) is 5.73. The van der Waals surface area contributed by atoms with Gasteiger partial charge in [0.25, 0.3) is 0 Å². The van der Waals surface area contributed by atoms with Crippen molar-refractivity contribution in [3.05, 3.63) is 75.1 Å². The minimum absolute atomic E-state index is 0.0597. The van der Waals surface area contributed by atoms with Crippen LogP contribution in [0.25, 0.3) is 11.0 Å². The number of esters is 1. The van der Waals surface area contributed by atoms with E-state index in [0.29, 0.717) is 42.8 Å². The fraction of sp³-hybridized carbons (Fsp3) is 0.360. The van der Waals surface area contributed by atoms with E-state index in [4.69, 9.17) is 9.15 Å². The molecule has 0 atom stereocenters. The van der Waals surface area contributed by atoms with Gasteiger partial charge in [-0.15, -0.1) is 0 Å². The molecule has 3 aromatic rings. The number of nitrogens with zero attached hydrogens (tertiary/aromatic N) is 1. The van der Waals surface area contributed by atoms with Gasteiger partial charge < -0.3 is 14.3 Å². The van der Waals surface area contributed by atoms with E-state index in [1.165, 1.54) is 6.07 Å². The van der Waals surface area contributed by atoms with Crippen LogP contribution in [0.5, 0.6) is 5.75 Å². The van der Waals surface area contributed by atoms with Gasteiger partial charge in [-0.2, -0.15) is 0 Å². The third-order valence-corrected chi connectivity index (χ3v) is 5.18. The van der Waals surface area contributed by atoms with Crippen LogP contribution in [0.15, 0.2) is 51.7 Å². The fourth-order valence-electron chi connectivity index (χ4n) is 3.65. The molecule has 3 rings (SSSR count). The first-order chi connectivity index (χ1) is 14.9. The average Bonchev–Trinajstić information content (AvgIpc) is 2.74. The number of phenols is 1. The summed E-state index contributed by atoms with van der Waals surface area (Å²) in [5.74, 6) is -0.232. The van der Waals surface area contributed by atoms with Crippen molar-refractivity contribution >= 4 is 16.9 Å². The summed E-state index contributed by atoms with van der Waals surface area (Å²) in [6.07, 6.45) is 1.29. The number of hydrogen-bond donors (Lipinski definition) is 1. The molecule has 164 valence electrons. The number of ether oxygens (including phenoxy) is 1. The molecule has 1 heterocycles. The van der Waals surface area contributed by atoms with Gasteiger partial charge in [0.15, 0.2) is 0 Å². The lowest BCUT2D eigenvalue weighted by Gasteiger charge is -2.20. The number of phenolic OH excluding ortho intramolecular Hbond substituents is 1. The molecule has 0 radical (unpaired) electrons. The smallest absolute Gasteiger partial charge is 0.336 e. The highest BCUT2D eigenvalue weighted by Crippen LogP contribution is 2.34. The predicted molar refractivity (Wildman–Crippen MR) is 120 cm³/mol. The summed E-state index contributed by atoms with van der Waals surface area (Å²) in [7, 11) is 1.95. The molecule has 0 aliphatic heterocycles. The van der Waals surface area contributed by atoms with E-state index in [9.17, 15) is 14.7 Å². The molecule has 6 heteroatoms. The van der Waals surface area contributed by atoms with E-state index in [1.54, 1.807) is 6.07 Å². The first-order valence-electron chi connectivity index (χ1n) is 10.5. The number of hydrogen-bond acceptors (Lipinski definition) is 6. The molecule has 0 spiro atoms. The van der Waals surface area contributed by atoms with Crippen molar-refractivity contribution in [1.82, 2.24) is 4.90 Å². The molecule has 1 aromatic heterocycles. The zero-order valence-corrected chi connectivity index (χ0v) is 18.3. The van der Waals surface area contributed by atoms with Crippen LogP contribution in [0.1, 0.15) is 42.0 Å². The Balaban J connectivity index is 1.94. The third-order valence-electron chi connectivity index (χ3n) is 5.18. The van der Waals surface area contributed by atoms with Gasteiger partial charge >= 0.3 is 11.6 Å². The number of benzene rings is 2. The lowest BCUT2D eigenvalue weighted by Crippen LogP contribution is -2.18. The largest absolute Gasteiger partial charge is 0.507 e. The molecule has 2 aromatic carbocycles. The van der Waals surface area contributed by atoms with E-state index in [-0.39, 0.29) is 18.1 Å². The number of fused-ring (bicyclic) bond motifs is 1. The summed E-state index contributed by atoms with van der Waals surface area (Å²) in [6.45, 7) is 5.23. The van der Waals surface area contributed by atoms with Crippen molar-refractivity contribution in [3.8, 4) is 5.75 Å². The molecule has 0 unspecified atom stereocenters. The van der Waals surface area contributed by atoms with Crippen molar-refractivity contribution in [2.75, 3.05) is 13.7 Å². The van der Waals surface area contributed by atoms with Crippen LogP contribution in [0.3, 0.4) is 0 Å². The Kier molecular flexibility index (Phi) is 7.47. The Morgan fingerprint density at radius 3 is 2.61 bits per heavy atom. The second-order valence-corrected chi connectivity index (χ2v) is 7.87. The Morgan fingerprint density at radius 1 is 1.16 bits per heavy atom. The molecule has 6 nitrogen and oxygen atoms in total. The first kappa shape index (κ1) is 22.6. The summed E-state index contributed by atoms with van der Waals surface area (Å²) in [4.78, 5) is 26.0. The van der Waals surface area contributed by atoms with E-state index < -0.39 is 5.63 Å². The molecule has 0 fully saturated rings. The second-order valence-electron chi connectivity index (χ2n) is 7.87. The molecule has 0 amide bonds. The SMILES string of the molecule is CCCOC(=O)CCc1cc2c(C)cc(=O)oc2c(CN(C)Cc2ccccc2)c1O. The Bertz CT molecular complexity index is 1100. The van der Waals surface area contributed by atoms with Crippen LogP contribution in [-0.2, 0) is 29.0 Å². The minimum Gasteiger partial charge on any atom is -0.507 e. The van der Waals surface area contributed by atoms with E-state index in [2.05, 4.69) is 0 Å². The normalized spacial score (nSPS) is 11.2. The van der Waals surface area contributed by atoms with E-state index >= 15 is 0 Å². The highest BCUT2D eigenvalue weighted by molar-refractivity contribution is 5.86. The van der Waals surface area contributed by atoms with Gasteiger partial charge in [-0.05, 0) is 49.6 Å². The highest BCUT2D eigenvalue weighted by atomic mass is 16.5. The number of aryl methyl sites for hydroxylation is 2. The van der Waals surface area contributed by atoms with Crippen molar-refractivity contribution in [1.29, 1.82) is 0 Å². The molecule has 31 heavy (non-hydrogen) atoms. The van der Waals surface area contributed by atoms with Crippen LogP contribution in [-0.4, -0.2) is 29.6 Å². The van der Waals surface area contributed by atoms with Crippen LogP contribution < -0.4 is 5.63 Å². The predicted octanol–water partition coefficient (Wildman–Crippen LogP) is 4.32. The summed E-state index contributed by atoms with van der Waals surface area (Å²) < 4.78 is 10.7. The lowest BCUT2D eigenvalue weighted by molar-refractivity contribution is -0.143. The van der Waals surface area contributed by atoms with Gasteiger partial charge in [-0.3, -0.25) is 9.69 Å². The molecule has 0 aliphatic rings. The fourth-order valence-corrected chi connectivity index (χ4v) is 3.65. The maximum Gasteiger partial charge on any atom is 0.336 e. The average molecular weight is 424 g/mol. The van der Waals surface area contributed by atoms with Crippen molar-refractivity contribution in [2.45, 2.75) is 46.2 Å². The van der Waals surface area contributed by atoms with Gasteiger partial charge in [0.1, 0.15) is 11.3 Å². The first-order valence-corrected chi connectivity index (χ1v) is 10.5. The maximum atomic E-state index is 12.0. The number of carbonyl (C=O) groups is 1. The van der Waals surface area contributed by atoms with Crippen LogP contribution in [0.4, 0.5) is 0 Å². The van der Waals surface area contributed by atoms with Crippen molar-refractivity contribution in [3.63, 3.8) is 0 Å². The Labute approximate surface area is 182 Å². The standard InChI is InChI=1S/C25H29NO5/c1-4-12-30-22(27)11-10-19-14-20-17(2)13-23(28)31-25(20)21(24(19)29)16-26(3)15-18-8-6-5-7-9-18/h5-9,13-14,29H,4,10-12,15-16H2,1-3H3. The summed E-state index contributed by atoms with van der Waals surface area (Å²) in [5.41, 5.74) is 3.04. The van der Waals surface area contributed by atoms with E-state index in [0.717, 1.165) is 22.9 Å². The van der Waals surface area contributed by atoms with Crippen molar-refractivity contribution in [2.24, 2.45) is 0 Å². The Morgan fingerprint density at radius 2 is 1.90 bits per heavy atom. The maximum absolute atomic E-state index is 12.0. The quantitative estimate of drug-likeness (QED) is 0.408. The Hall–Kier alpha value is -3.12. The molecule has 0 aliphatic carbocycles. The summed E-state index contributed by atoms with van der Waals surface area (Å²) in [6, 6.07) is 13.3. The molecule has 0 saturated carbocycles. The van der Waals surface area contributed by atoms with Gasteiger partial charge in [-0.25, -0.2) is 4.79 Å². The van der Waals surface area contributed by atoms with Gasteiger partial charge in [0.2, 0.25) is 0 Å². The van der Waals surface area contributed by atoms with Crippen LogP contribution in [0.2, 0.25) is 0 Å². The molecular formula is C25H29NO5. The molecule has 0 bridgehead atoms. The molecule has 0 saturated heterocycles. The minimum atomic E-state index is -0.452.